The molecule has 4 aliphatic rings. The van der Waals surface area contributed by atoms with Crippen LogP contribution in [0.25, 0.3) is 0 Å². The molecule has 0 aromatic heterocycles. The second kappa shape index (κ2) is 18.7. The molecule has 32 heavy (non-hydrogen) atoms. The summed E-state index contributed by atoms with van der Waals surface area (Å²) < 4.78 is 0. The number of rotatable bonds is 4. The van der Waals surface area contributed by atoms with Gasteiger partial charge >= 0.3 is 26.2 Å². The van der Waals surface area contributed by atoms with Crippen molar-refractivity contribution in [1.82, 2.24) is 0 Å². The average Bonchev–Trinajstić information content (AvgIpc) is 3.43. The normalized spacial score (nSPS) is 26.9. The van der Waals surface area contributed by atoms with Gasteiger partial charge in [0.05, 0.1) is 0 Å². The fraction of sp³-hybridized carbons (Fsp3) is 0.586. The maximum atomic E-state index is 3.38. The van der Waals surface area contributed by atoms with Crippen molar-refractivity contribution in [2.75, 3.05) is 0 Å². The van der Waals surface area contributed by atoms with Gasteiger partial charge in [0.15, 0.2) is 0 Å². The molecule has 4 aliphatic carbocycles. The van der Waals surface area contributed by atoms with Crippen LogP contribution in [-0.4, -0.2) is 0 Å². The SMILES string of the molecule is CCC1=CC=C(CC)C2CC[CH-]C12.CCC1=CC=C(CC)C2CC[CH-]C12.[CH2-]C[CH2-].[Cl-].[Cl-].[Zr+2]. The van der Waals surface area contributed by atoms with Gasteiger partial charge in [-0.25, -0.2) is 0 Å². The molecule has 4 atom stereocenters. The van der Waals surface area contributed by atoms with Gasteiger partial charge in [-0.1, -0.05) is 87.1 Å². The third-order valence-electron chi connectivity index (χ3n) is 7.13. The van der Waals surface area contributed by atoms with Crippen molar-refractivity contribution in [2.24, 2.45) is 23.7 Å². The molecule has 0 aromatic rings. The van der Waals surface area contributed by atoms with Gasteiger partial charge in [-0.05, 0) is 37.5 Å². The number of halogens is 2. The molecule has 0 bridgehead atoms. The van der Waals surface area contributed by atoms with Crippen LogP contribution in [0.5, 0.6) is 0 Å². The van der Waals surface area contributed by atoms with Crippen molar-refractivity contribution in [3.05, 3.63) is 73.3 Å². The third kappa shape index (κ3) is 8.89. The molecule has 0 radical (unpaired) electrons. The van der Waals surface area contributed by atoms with Crippen LogP contribution in [-0.2, 0) is 26.2 Å². The van der Waals surface area contributed by atoms with Crippen LogP contribution in [0.1, 0.15) is 85.5 Å². The molecule has 0 amide bonds. The molecular weight excluding hydrogens is 510 g/mol. The number of hydrogen-bond acceptors (Lipinski definition) is 0. The quantitative estimate of drug-likeness (QED) is 0.469. The molecule has 0 nitrogen and oxygen atoms in total. The van der Waals surface area contributed by atoms with Crippen LogP contribution >= 0.6 is 0 Å². The monoisotopic (exact) mass is 552 g/mol. The van der Waals surface area contributed by atoms with Gasteiger partial charge in [0.1, 0.15) is 0 Å². The fourth-order valence-corrected chi connectivity index (χ4v) is 5.61. The largest absolute Gasteiger partial charge is 2.00 e. The molecule has 0 N–H and O–H groups in total. The van der Waals surface area contributed by atoms with Gasteiger partial charge in [-0.15, -0.1) is 11.8 Å². The van der Waals surface area contributed by atoms with E-state index in [-0.39, 0.29) is 51.0 Å². The molecule has 0 spiro atoms. The molecule has 0 aliphatic heterocycles. The molecule has 182 valence electrons. The van der Waals surface area contributed by atoms with Crippen molar-refractivity contribution in [3.8, 4) is 0 Å². The molecule has 0 aromatic carbocycles. The van der Waals surface area contributed by atoms with Crippen LogP contribution in [0.15, 0.2) is 46.6 Å². The molecular formula is C29H44Cl2Zr-4. The Kier molecular flexibility index (Phi) is 20.2. The minimum atomic E-state index is 0. The molecule has 0 heterocycles. The first-order valence-electron chi connectivity index (χ1n) is 12.2. The summed E-state index contributed by atoms with van der Waals surface area (Å²) in [4.78, 5) is 0. The molecule has 2 saturated carbocycles. The maximum absolute atomic E-state index is 3.38. The van der Waals surface area contributed by atoms with E-state index in [2.05, 4.69) is 78.7 Å². The smallest absolute Gasteiger partial charge is 1.00 e. The minimum Gasteiger partial charge on any atom is -1.00 e. The summed E-state index contributed by atoms with van der Waals surface area (Å²) in [5, 5.41) is 0. The Bertz CT molecular complexity index is 523. The van der Waals surface area contributed by atoms with E-state index in [1.807, 2.05) is 0 Å². The molecule has 0 saturated heterocycles. The van der Waals surface area contributed by atoms with Gasteiger partial charge in [-0.2, -0.15) is 12.8 Å². The van der Waals surface area contributed by atoms with E-state index in [1.165, 1.54) is 51.4 Å². The minimum absolute atomic E-state index is 0. The van der Waals surface area contributed by atoms with Gasteiger partial charge in [0.2, 0.25) is 0 Å². The van der Waals surface area contributed by atoms with E-state index in [9.17, 15) is 0 Å². The first-order valence-corrected chi connectivity index (χ1v) is 12.2. The van der Waals surface area contributed by atoms with Crippen LogP contribution in [0.2, 0.25) is 0 Å². The van der Waals surface area contributed by atoms with E-state index >= 15 is 0 Å². The van der Waals surface area contributed by atoms with Crippen molar-refractivity contribution in [1.29, 1.82) is 0 Å². The van der Waals surface area contributed by atoms with E-state index < -0.39 is 0 Å². The van der Waals surface area contributed by atoms with Crippen molar-refractivity contribution in [3.63, 3.8) is 0 Å². The number of allylic oxidation sites excluding steroid dienone is 8. The van der Waals surface area contributed by atoms with E-state index in [0.717, 1.165) is 30.1 Å². The summed E-state index contributed by atoms with van der Waals surface area (Å²) in [6.07, 6.45) is 25.6. The molecule has 3 heteroatoms. The predicted molar refractivity (Wildman–Crippen MR) is 130 cm³/mol. The average molecular weight is 555 g/mol. The number of hydrogen-bond donors (Lipinski definition) is 0. The topological polar surface area (TPSA) is 0 Å². The third-order valence-corrected chi connectivity index (χ3v) is 7.13. The Hall–Kier alpha value is 0.423. The second-order valence-electron chi connectivity index (χ2n) is 8.62. The van der Waals surface area contributed by atoms with Crippen molar-refractivity contribution in [2.45, 2.75) is 85.5 Å². The van der Waals surface area contributed by atoms with Gasteiger partial charge in [-0.3, -0.25) is 0 Å². The van der Waals surface area contributed by atoms with Crippen molar-refractivity contribution < 1.29 is 51.0 Å². The van der Waals surface area contributed by atoms with Gasteiger partial charge in [0.25, 0.3) is 0 Å². The standard InChI is InChI=1S/2C13H19.C3H6.2ClH.Zr/c2*1-3-10-8-9-11(4-2)13-7-5-6-12(10)13;1-3-2;;;/h2*6,8-9,12-13H,3-5,7H2,1-2H3;1-3H2;2*1H;/q2*-1;-2;;;+2/p-2. The Morgan fingerprint density at radius 2 is 0.938 bits per heavy atom. The number of fused-ring (bicyclic) bond motifs is 2. The predicted octanol–water partition coefficient (Wildman–Crippen LogP) is 2.86. The van der Waals surface area contributed by atoms with Crippen LogP contribution in [0.4, 0.5) is 0 Å². The Morgan fingerprint density at radius 3 is 1.22 bits per heavy atom. The summed E-state index contributed by atoms with van der Waals surface area (Å²) in [5.74, 6) is 3.32. The first kappa shape index (κ1) is 34.6. The zero-order valence-corrected chi connectivity index (χ0v) is 24.8. The van der Waals surface area contributed by atoms with Gasteiger partial charge < -0.3 is 57.9 Å². The van der Waals surface area contributed by atoms with Crippen LogP contribution < -0.4 is 24.8 Å². The van der Waals surface area contributed by atoms with Crippen LogP contribution in [0.3, 0.4) is 0 Å². The summed E-state index contributed by atoms with van der Waals surface area (Å²) in [6.45, 7) is 15.9. The maximum Gasteiger partial charge on any atom is 2.00 e. The summed E-state index contributed by atoms with van der Waals surface area (Å²) >= 11 is 0. The molecule has 4 unspecified atom stereocenters. The fourth-order valence-electron chi connectivity index (χ4n) is 5.61. The molecule has 2 fully saturated rings. The van der Waals surface area contributed by atoms with E-state index in [0.29, 0.717) is 0 Å². The zero-order chi connectivity index (χ0) is 21.2. The van der Waals surface area contributed by atoms with Crippen LogP contribution in [0, 0.1) is 50.4 Å². The Balaban J connectivity index is 0. The molecule has 4 rings (SSSR count). The first-order chi connectivity index (χ1) is 14.1. The van der Waals surface area contributed by atoms with Gasteiger partial charge in [0, 0.05) is 0 Å². The Labute approximate surface area is 232 Å². The second-order valence-corrected chi connectivity index (χ2v) is 8.62. The van der Waals surface area contributed by atoms with E-state index in [4.69, 9.17) is 0 Å². The zero-order valence-electron chi connectivity index (χ0n) is 20.8. The van der Waals surface area contributed by atoms with E-state index in [1.54, 1.807) is 22.3 Å². The summed E-state index contributed by atoms with van der Waals surface area (Å²) in [5.41, 5.74) is 6.66. The Morgan fingerprint density at radius 1 is 0.656 bits per heavy atom. The van der Waals surface area contributed by atoms with Crippen molar-refractivity contribution >= 4 is 0 Å². The summed E-state index contributed by atoms with van der Waals surface area (Å²) in [7, 11) is 0. The summed E-state index contributed by atoms with van der Waals surface area (Å²) in [6, 6.07) is 0.